The summed E-state index contributed by atoms with van der Waals surface area (Å²) >= 11 is 0. The predicted octanol–water partition coefficient (Wildman–Crippen LogP) is 9.81. The molecule has 1 aliphatic heterocycles. The number of amides is 2. The van der Waals surface area contributed by atoms with Gasteiger partial charge in [-0.15, -0.1) is 0 Å². The molecule has 1 aliphatic rings. The highest BCUT2D eigenvalue weighted by molar-refractivity contribution is 5.89. The number of urea groups is 1. The Morgan fingerprint density at radius 1 is 0.741 bits per heavy atom. The molecular formula is C49H51N3O6. The Morgan fingerprint density at radius 2 is 1.40 bits per heavy atom. The number of ether oxygens (including phenoxy) is 3. The van der Waals surface area contributed by atoms with Crippen LogP contribution in [0.5, 0.6) is 11.5 Å². The van der Waals surface area contributed by atoms with Gasteiger partial charge in [0.15, 0.2) is 6.29 Å². The van der Waals surface area contributed by atoms with E-state index < -0.39 is 12.4 Å². The van der Waals surface area contributed by atoms with Gasteiger partial charge < -0.3 is 35.1 Å². The van der Waals surface area contributed by atoms with Gasteiger partial charge in [-0.05, 0) is 95.9 Å². The summed E-state index contributed by atoms with van der Waals surface area (Å²) in [5, 5.41) is 26.8. The molecule has 1 fully saturated rings. The quantitative estimate of drug-likeness (QED) is 0.0872. The molecule has 9 nitrogen and oxygen atoms in total. The predicted molar refractivity (Wildman–Crippen MR) is 227 cm³/mol. The van der Waals surface area contributed by atoms with Crippen molar-refractivity contribution in [2.24, 2.45) is 5.92 Å². The van der Waals surface area contributed by atoms with Gasteiger partial charge in [-0.2, -0.15) is 0 Å². The zero-order valence-electron chi connectivity index (χ0n) is 33.1. The van der Waals surface area contributed by atoms with Crippen LogP contribution in [0.2, 0.25) is 0 Å². The molecule has 4 N–H and O–H groups in total. The van der Waals surface area contributed by atoms with Crippen LogP contribution in [0.15, 0.2) is 158 Å². The van der Waals surface area contributed by atoms with Crippen LogP contribution in [0.25, 0.3) is 11.1 Å². The molecule has 0 unspecified atom stereocenters. The van der Waals surface area contributed by atoms with E-state index in [0.29, 0.717) is 24.5 Å². The molecule has 6 aromatic rings. The summed E-state index contributed by atoms with van der Waals surface area (Å²) in [4.78, 5) is 15.0. The molecule has 0 aromatic heterocycles. The van der Waals surface area contributed by atoms with E-state index in [1.54, 1.807) is 12.1 Å². The first-order chi connectivity index (χ1) is 28.2. The maximum absolute atomic E-state index is 12.8. The summed E-state index contributed by atoms with van der Waals surface area (Å²) < 4.78 is 19.4. The van der Waals surface area contributed by atoms with Gasteiger partial charge in [-0.25, -0.2) is 4.79 Å². The lowest BCUT2D eigenvalue weighted by Crippen LogP contribution is -2.46. The molecule has 0 aliphatic carbocycles. The largest absolute Gasteiger partial charge is 0.457 e. The van der Waals surface area contributed by atoms with Crippen molar-refractivity contribution in [2.75, 3.05) is 18.9 Å². The summed E-state index contributed by atoms with van der Waals surface area (Å²) in [5.74, 6) is 1.41. The fraction of sp³-hybridized carbons (Fsp3) is 0.245. The van der Waals surface area contributed by atoms with Crippen LogP contribution in [0, 0.1) is 5.92 Å². The lowest BCUT2D eigenvalue weighted by Gasteiger charge is -2.43. The summed E-state index contributed by atoms with van der Waals surface area (Å²) in [6, 6.07) is 50.2. The van der Waals surface area contributed by atoms with Crippen LogP contribution in [0.1, 0.15) is 60.2 Å². The number of hydrogen-bond acceptors (Lipinski definition) is 7. The van der Waals surface area contributed by atoms with Gasteiger partial charge in [0.2, 0.25) is 0 Å². The number of nitrogens with zero attached hydrogens (tertiary/aromatic N) is 1. The van der Waals surface area contributed by atoms with Crippen molar-refractivity contribution in [3.8, 4) is 22.6 Å². The van der Waals surface area contributed by atoms with Gasteiger partial charge in [0.05, 0.1) is 24.9 Å². The molecule has 0 spiro atoms. The highest BCUT2D eigenvalue weighted by Crippen LogP contribution is 2.43. The second kappa shape index (κ2) is 19.1. The van der Waals surface area contributed by atoms with Crippen molar-refractivity contribution in [1.82, 2.24) is 10.2 Å². The molecular weight excluding hydrogens is 727 g/mol. The smallest absolute Gasteiger partial charge is 0.319 e. The number of nitrogens with one attached hydrogen (secondary N) is 2. The summed E-state index contributed by atoms with van der Waals surface area (Å²) in [6.07, 6.45) is -1.81. The van der Waals surface area contributed by atoms with Crippen LogP contribution in [0.3, 0.4) is 0 Å². The number of likely N-dealkylation sites (N-methyl/N-ethyl adjacent to an activating group) is 1. The molecule has 2 amide bonds. The van der Waals surface area contributed by atoms with Gasteiger partial charge in [-0.3, -0.25) is 4.90 Å². The second-order valence-corrected chi connectivity index (χ2v) is 14.9. The number of aliphatic hydroxyl groups excluding tert-OH is 2. The number of rotatable bonds is 14. The SMILES string of the molecule is C[C@@H]1[C@H](CN(C)[C@H](C)[C@@H](O)c2ccccc2)O[C@H](c2cccc(-c3cccc(CNC(=O)Nc4ccc(Oc5ccccc5)cc4)c3)c2)O[C@@H]1c1ccc(CO)cc1. The van der Waals surface area contributed by atoms with E-state index in [2.05, 4.69) is 46.7 Å². The maximum atomic E-state index is 12.8. The lowest BCUT2D eigenvalue weighted by molar-refractivity contribution is -0.276. The summed E-state index contributed by atoms with van der Waals surface area (Å²) in [6.45, 7) is 5.06. The third-order valence-electron chi connectivity index (χ3n) is 10.8. The van der Waals surface area contributed by atoms with Crippen LogP contribution in [-0.4, -0.2) is 46.9 Å². The number of para-hydroxylation sites is 1. The lowest BCUT2D eigenvalue weighted by atomic mass is 9.89. The van der Waals surface area contributed by atoms with Gasteiger partial charge in [0.1, 0.15) is 11.5 Å². The minimum absolute atomic E-state index is 0.0164. The van der Waals surface area contributed by atoms with Gasteiger partial charge in [-0.1, -0.05) is 116 Å². The van der Waals surface area contributed by atoms with Gasteiger partial charge >= 0.3 is 6.03 Å². The third-order valence-corrected chi connectivity index (χ3v) is 10.8. The Balaban J connectivity index is 1.03. The van der Waals surface area contributed by atoms with Gasteiger partial charge in [0.25, 0.3) is 0 Å². The molecule has 0 radical (unpaired) electrons. The van der Waals surface area contributed by atoms with E-state index in [-0.39, 0.29) is 36.8 Å². The highest BCUT2D eigenvalue weighted by Gasteiger charge is 2.39. The summed E-state index contributed by atoms with van der Waals surface area (Å²) in [5.41, 5.74) is 7.20. The molecule has 6 aromatic carbocycles. The van der Waals surface area contributed by atoms with Crippen LogP contribution in [0.4, 0.5) is 10.5 Å². The first-order valence-electron chi connectivity index (χ1n) is 19.7. The van der Waals surface area contributed by atoms with E-state index in [4.69, 9.17) is 14.2 Å². The Bertz CT molecular complexity index is 2220. The molecule has 0 saturated carbocycles. The zero-order chi connectivity index (χ0) is 40.4. The van der Waals surface area contributed by atoms with Crippen molar-refractivity contribution in [3.63, 3.8) is 0 Å². The molecule has 58 heavy (non-hydrogen) atoms. The zero-order valence-corrected chi connectivity index (χ0v) is 33.1. The maximum Gasteiger partial charge on any atom is 0.319 e. The number of anilines is 1. The number of aliphatic hydroxyl groups is 2. The van der Waals surface area contributed by atoms with Crippen LogP contribution in [-0.2, 0) is 22.6 Å². The van der Waals surface area contributed by atoms with Crippen molar-refractivity contribution >= 4 is 11.7 Å². The topological polar surface area (TPSA) is 113 Å². The number of carbonyl (C=O) groups excluding carboxylic acids is 1. The molecule has 7 rings (SSSR count). The van der Waals surface area contributed by atoms with Crippen molar-refractivity contribution < 1.29 is 29.2 Å². The normalized spacial score (nSPS) is 18.9. The van der Waals surface area contributed by atoms with E-state index >= 15 is 0 Å². The minimum atomic E-state index is -0.658. The van der Waals surface area contributed by atoms with Crippen molar-refractivity contribution in [2.45, 2.75) is 57.6 Å². The monoisotopic (exact) mass is 777 g/mol. The van der Waals surface area contributed by atoms with E-state index in [1.807, 2.05) is 135 Å². The first kappa shape index (κ1) is 40.4. The average Bonchev–Trinajstić information content (AvgIpc) is 3.27. The molecule has 298 valence electrons. The Hall–Kier alpha value is -5.81. The molecule has 9 heteroatoms. The number of hydrogen-bond donors (Lipinski definition) is 4. The second-order valence-electron chi connectivity index (χ2n) is 14.9. The fourth-order valence-electron chi connectivity index (χ4n) is 7.26. The molecule has 1 heterocycles. The summed E-state index contributed by atoms with van der Waals surface area (Å²) in [7, 11) is 2.02. The first-order valence-corrected chi connectivity index (χ1v) is 19.7. The Kier molecular flexibility index (Phi) is 13.3. The Labute approximate surface area is 340 Å². The Morgan fingerprint density at radius 3 is 2.10 bits per heavy atom. The number of carbonyl (C=O) groups is 1. The van der Waals surface area contributed by atoms with Crippen molar-refractivity contribution in [1.29, 1.82) is 0 Å². The van der Waals surface area contributed by atoms with Gasteiger partial charge in [0, 0.05) is 36.3 Å². The molecule has 6 atom stereocenters. The third kappa shape index (κ3) is 10.2. The van der Waals surface area contributed by atoms with Crippen LogP contribution >= 0.6 is 0 Å². The average molecular weight is 778 g/mol. The highest BCUT2D eigenvalue weighted by atomic mass is 16.7. The minimum Gasteiger partial charge on any atom is -0.457 e. The van der Waals surface area contributed by atoms with E-state index in [1.165, 1.54) is 0 Å². The molecule has 1 saturated heterocycles. The number of benzene rings is 6. The fourth-order valence-corrected chi connectivity index (χ4v) is 7.26. The van der Waals surface area contributed by atoms with E-state index in [9.17, 15) is 15.0 Å². The van der Waals surface area contributed by atoms with Crippen LogP contribution < -0.4 is 15.4 Å². The van der Waals surface area contributed by atoms with Crippen molar-refractivity contribution in [3.05, 3.63) is 186 Å². The van der Waals surface area contributed by atoms with E-state index in [0.717, 1.165) is 44.7 Å². The molecule has 0 bridgehead atoms. The standard InChI is InChI=1S/C49H51N3O6/c1-33-45(31-52(3)34(2)46(54)37-13-6-4-7-14-37)57-48(58-47(33)38-22-20-35(32-53)21-23-38)41-17-11-16-40(29-41)39-15-10-12-36(28-39)30-50-49(55)51-42-24-26-44(27-25-42)56-43-18-8-5-9-19-43/h4-29,33-34,45-48,53-54H,30-32H2,1-3H3,(H2,50,51,55)/t33-,34-,45+,46-,47+,48+/m1/s1.